The number of hydrogen-bond donors (Lipinski definition) is 0. The first-order valence-electron chi connectivity index (χ1n) is 8.99. The smallest absolute Gasteiger partial charge is 0.149 e. The highest BCUT2D eigenvalue weighted by Gasteiger charge is 2.15. The third kappa shape index (κ3) is 4.51. The highest BCUT2D eigenvalue weighted by molar-refractivity contribution is 6.32. The Balaban J connectivity index is 1.97. The van der Waals surface area contributed by atoms with Gasteiger partial charge < -0.3 is 4.74 Å². The predicted molar refractivity (Wildman–Crippen MR) is 112 cm³/mol. The van der Waals surface area contributed by atoms with Gasteiger partial charge in [-0.1, -0.05) is 73.8 Å². The molecule has 0 fully saturated rings. The second-order valence-electron chi connectivity index (χ2n) is 8.02. The van der Waals surface area contributed by atoms with Crippen molar-refractivity contribution in [2.24, 2.45) is 0 Å². The molecule has 0 aromatic heterocycles. The Labute approximate surface area is 165 Å². The van der Waals surface area contributed by atoms with Crippen LogP contribution in [0.5, 0.6) is 11.5 Å². The van der Waals surface area contributed by atoms with Gasteiger partial charge in [-0.05, 0) is 60.2 Å². The van der Waals surface area contributed by atoms with E-state index in [0.29, 0.717) is 11.5 Å². The molecule has 0 atom stereocenters. The molecule has 0 aliphatic rings. The average molecular weight is 383 g/mol. The Kier molecular flexibility index (Phi) is 5.30. The molecular formula is C24H24ClFO. The van der Waals surface area contributed by atoms with Crippen LogP contribution in [0.1, 0.15) is 37.5 Å². The lowest BCUT2D eigenvalue weighted by atomic mass is 9.87. The molecule has 3 rings (SSSR count). The van der Waals surface area contributed by atoms with E-state index in [2.05, 4.69) is 26.8 Å². The molecule has 0 spiro atoms. The summed E-state index contributed by atoms with van der Waals surface area (Å²) in [6.45, 7) is 10.5. The summed E-state index contributed by atoms with van der Waals surface area (Å²) >= 11 is 6.17. The molecule has 0 aliphatic carbocycles. The maximum absolute atomic E-state index is 14.4. The molecule has 0 radical (unpaired) electrons. The predicted octanol–water partition coefficient (Wildman–Crippen LogP) is 7.85. The number of benzene rings is 3. The Bertz CT molecular complexity index is 949. The summed E-state index contributed by atoms with van der Waals surface area (Å²) < 4.78 is 20.3. The Morgan fingerprint density at radius 3 is 1.93 bits per heavy atom. The van der Waals surface area contributed by atoms with E-state index in [1.54, 1.807) is 6.07 Å². The summed E-state index contributed by atoms with van der Waals surface area (Å²) in [4.78, 5) is 0. The van der Waals surface area contributed by atoms with Crippen LogP contribution in [-0.4, -0.2) is 0 Å². The summed E-state index contributed by atoms with van der Waals surface area (Å²) in [5.41, 5.74) is 5.20. The summed E-state index contributed by atoms with van der Waals surface area (Å²) in [6.07, 6.45) is 0. The fraction of sp³-hybridized carbons (Fsp3) is 0.250. The van der Waals surface area contributed by atoms with Gasteiger partial charge in [0.15, 0.2) is 0 Å². The SMILES string of the molecule is Cc1cc(C)cc(-c2cc(F)c(Cl)c(Oc3ccc(C(C)(C)C)cc3)c2)c1. The van der Waals surface area contributed by atoms with Crippen LogP contribution < -0.4 is 4.74 Å². The monoisotopic (exact) mass is 382 g/mol. The van der Waals surface area contributed by atoms with Crippen molar-refractivity contribution in [1.82, 2.24) is 0 Å². The number of ether oxygens (including phenoxy) is 1. The van der Waals surface area contributed by atoms with Gasteiger partial charge in [-0.25, -0.2) is 4.39 Å². The van der Waals surface area contributed by atoms with Gasteiger partial charge in [0.1, 0.15) is 22.3 Å². The average Bonchev–Trinajstić information content (AvgIpc) is 2.57. The Morgan fingerprint density at radius 1 is 0.815 bits per heavy atom. The van der Waals surface area contributed by atoms with Crippen molar-refractivity contribution in [3.05, 3.63) is 82.1 Å². The fourth-order valence-electron chi connectivity index (χ4n) is 3.10. The molecule has 3 aromatic carbocycles. The van der Waals surface area contributed by atoms with E-state index in [1.807, 2.05) is 50.2 Å². The van der Waals surface area contributed by atoms with Crippen LogP contribution >= 0.6 is 11.6 Å². The van der Waals surface area contributed by atoms with Crippen LogP contribution in [0, 0.1) is 19.7 Å². The van der Waals surface area contributed by atoms with E-state index in [0.717, 1.165) is 22.3 Å². The van der Waals surface area contributed by atoms with Crippen molar-refractivity contribution in [1.29, 1.82) is 0 Å². The van der Waals surface area contributed by atoms with Crippen molar-refractivity contribution < 1.29 is 9.13 Å². The van der Waals surface area contributed by atoms with Crippen LogP contribution in [0.3, 0.4) is 0 Å². The van der Waals surface area contributed by atoms with Gasteiger partial charge in [-0.15, -0.1) is 0 Å². The highest BCUT2D eigenvalue weighted by Crippen LogP contribution is 2.37. The molecule has 1 nitrogen and oxygen atoms in total. The van der Waals surface area contributed by atoms with Gasteiger partial charge in [0.05, 0.1) is 0 Å². The van der Waals surface area contributed by atoms with Gasteiger partial charge in [0.25, 0.3) is 0 Å². The molecule has 0 aliphatic heterocycles. The summed E-state index contributed by atoms with van der Waals surface area (Å²) in [7, 11) is 0. The van der Waals surface area contributed by atoms with Crippen LogP contribution in [0.15, 0.2) is 54.6 Å². The molecular weight excluding hydrogens is 359 g/mol. The Hall–Kier alpha value is -2.32. The molecule has 0 saturated heterocycles. The minimum Gasteiger partial charge on any atom is -0.456 e. The summed E-state index contributed by atoms with van der Waals surface area (Å²) in [5.74, 6) is 0.450. The molecule has 140 valence electrons. The van der Waals surface area contributed by atoms with E-state index < -0.39 is 5.82 Å². The maximum atomic E-state index is 14.4. The number of aryl methyl sites for hydroxylation is 2. The first-order valence-corrected chi connectivity index (χ1v) is 9.37. The van der Waals surface area contributed by atoms with E-state index in [1.165, 1.54) is 11.6 Å². The number of rotatable bonds is 3. The molecule has 3 aromatic rings. The molecule has 27 heavy (non-hydrogen) atoms. The van der Waals surface area contributed by atoms with Gasteiger partial charge in [-0.3, -0.25) is 0 Å². The lowest BCUT2D eigenvalue weighted by Crippen LogP contribution is -2.10. The largest absolute Gasteiger partial charge is 0.456 e. The quantitative estimate of drug-likeness (QED) is 0.448. The van der Waals surface area contributed by atoms with Crippen molar-refractivity contribution in [2.45, 2.75) is 40.0 Å². The molecule has 0 N–H and O–H groups in total. The Morgan fingerprint density at radius 2 is 1.37 bits per heavy atom. The lowest BCUT2D eigenvalue weighted by molar-refractivity contribution is 0.476. The van der Waals surface area contributed by atoms with Crippen LogP contribution in [0.2, 0.25) is 5.02 Å². The van der Waals surface area contributed by atoms with Crippen LogP contribution in [0.4, 0.5) is 4.39 Å². The molecule has 0 heterocycles. The highest BCUT2D eigenvalue weighted by atomic mass is 35.5. The number of halogens is 2. The zero-order chi connectivity index (χ0) is 19.8. The minimum atomic E-state index is -0.491. The number of hydrogen-bond acceptors (Lipinski definition) is 1. The second-order valence-corrected chi connectivity index (χ2v) is 8.40. The van der Waals surface area contributed by atoms with Crippen molar-refractivity contribution >= 4 is 11.6 Å². The minimum absolute atomic E-state index is 0.0111. The standard InChI is InChI=1S/C24H24ClFO/c1-15-10-16(2)12-17(11-15)18-13-21(26)23(25)22(14-18)27-20-8-6-19(7-9-20)24(3,4)5/h6-14H,1-5H3. The maximum Gasteiger partial charge on any atom is 0.149 e. The topological polar surface area (TPSA) is 9.23 Å². The summed E-state index contributed by atoms with van der Waals surface area (Å²) in [5, 5.41) is -0.0111. The molecule has 0 amide bonds. The first kappa shape index (κ1) is 19.4. The third-order valence-corrected chi connectivity index (χ3v) is 4.86. The zero-order valence-corrected chi connectivity index (χ0v) is 17.1. The van der Waals surface area contributed by atoms with Crippen molar-refractivity contribution in [2.75, 3.05) is 0 Å². The van der Waals surface area contributed by atoms with E-state index in [4.69, 9.17) is 16.3 Å². The van der Waals surface area contributed by atoms with Crippen molar-refractivity contribution in [3.63, 3.8) is 0 Å². The molecule has 0 bridgehead atoms. The molecule has 0 unspecified atom stereocenters. The van der Waals surface area contributed by atoms with Gasteiger partial charge in [-0.2, -0.15) is 0 Å². The lowest BCUT2D eigenvalue weighted by Gasteiger charge is -2.19. The molecule has 3 heteroatoms. The first-order chi connectivity index (χ1) is 12.6. The zero-order valence-electron chi connectivity index (χ0n) is 16.4. The van der Waals surface area contributed by atoms with Crippen LogP contribution in [-0.2, 0) is 5.41 Å². The molecule has 0 saturated carbocycles. The van der Waals surface area contributed by atoms with Crippen LogP contribution in [0.25, 0.3) is 11.1 Å². The second kappa shape index (κ2) is 7.36. The van der Waals surface area contributed by atoms with E-state index in [9.17, 15) is 4.39 Å². The van der Waals surface area contributed by atoms with Gasteiger partial charge in [0.2, 0.25) is 0 Å². The van der Waals surface area contributed by atoms with E-state index >= 15 is 0 Å². The van der Waals surface area contributed by atoms with Gasteiger partial charge >= 0.3 is 0 Å². The normalized spacial score (nSPS) is 11.5. The summed E-state index contributed by atoms with van der Waals surface area (Å²) in [6, 6.07) is 17.2. The van der Waals surface area contributed by atoms with E-state index in [-0.39, 0.29) is 10.4 Å². The fourth-order valence-corrected chi connectivity index (χ4v) is 3.24. The van der Waals surface area contributed by atoms with Gasteiger partial charge in [0, 0.05) is 0 Å². The third-order valence-electron chi connectivity index (χ3n) is 4.50. The van der Waals surface area contributed by atoms with Crippen molar-refractivity contribution in [3.8, 4) is 22.6 Å².